The minimum atomic E-state index is 0.0213. The number of anilines is 1. The van der Waals surface area contributed by atoms with E-state index in [4.69, 9.17) is 19.4 Å². The molecule has 26 heavy (non-hydrogen) atoms. The molecule has 0 saturated heterocycles. The molecule has 2 heterocycles. The van der Waals surface area contributed by atoms with Gasteiger partial charge in [-0.05, 0) is 37.6 Å². The number of pyridine rings is 1. The molecule has 1 saturated carbocycles. The van der Waals surface area contributed by atoms with E-state index in [1.165, 1.54) is 0 Å². The van der Waals surface area contributed by atoms with Crippen molar-refractivity contribution in [2.24, 2.45) is 0 Å². The first-order valence-electron chi connectivity index (χ1n) is 8.88. The molecule has 3 aromatic rings. The van der Waals surface area contributed by atoms with Gasteiger partial charge in [0, 0.05) is 37.1 Å². The molecule has 6 nitrogen and oxygen atoms in total. The summed E-state index contributed by atoms with van der Waals surface area (Å²) in [5, 5.41) is 4.55. The zero-order valence-corrected chi connectivity index (χ0v) is 14.9. The van der Waals surface area contributed by atoms with Crippen molar-refractivity contribution in [1.29, 1.82) is 0 Å². The predicted octanol–water partition coefficient (Wildman–Crippen LogP) is 3.30. The molecular formula is C20H22N4O2. The standard InChI is InChI=1S/C20H22N4O2/c1-3-26-17-12-16(18(17)25-2)23-20-14-6-4-5-7-15(14)22-19(24-20)13-8-10-21-11-9-13/h4-11,16-18H,3,12H2,1-2H3,(H,22,23,24)/t16-,17+,18+/m0/s1. The van der Waals surface area contributed by atoms with Crippen molar-refractivity contribution in [1.82, 2.24) is 15.0 Å². The number of para-hydroxylation sites is 1. The highest BCUT2D eigenvalue weighted by Gasteiger charge is 2.42. The SMILES string of the molecule is CCO[C@@H]1C[C@H](Nc2nc(-c3ccncc3)nc3ccccc23)[C@H]1OC. The van der Waals surface area contributed by atoms with E-state index in [9.17, 15) is 0 Å². The van der Waals surface area contributed by atoms with E-state index in [1.807, 2.05) is 43.3 Å². The maximum absolute atomic E-state index is 5.73. The maximum Gasteiger partial charge on any atom is 0.162 e. The van der Waals surface area contributed by atoms with Gasteiger partial charge in [0.05, 0.1) is 17.7 Å². The van der Waals surface area contributed by atoms with E-state index in [0.717, 1.165) is 28.7 Å². The average Bonchev–Trinajstić information content (AvgIpc) is 2.68. The Morgan fingerprint density at radius 2 is 1.92 bits per heavy atom. The molecule has 1 aromatic carbocycles. The highest BCUT2D eigenvalue weighted by Crippen LogP contribution is 2.32. The Morgan fingerprint density at radius 1 is 1.12 bits per heavy atom. The second-order valence-electron chi connectivity index (χ2n) is 6.33. The largest absolute Gasteiger partial charge is 0.377 e. The number of hydrogen-bond acceptors (Lipinski definition) is 6. The number of nitrogens with zero attached hydrogens (tertiary/aromatic N) is 3. The number of hydrogen-bond donors (Lipinski definition) is 1. The van der Waals surface area contributed by atoms with E-state index in [-0.39, 0.29) is 18.2 Å². The number of methoxy groups -OCH3 is 1. The maximum atomic E-state index is 5.73. The predicted molar refractivity (Wildman–Crippen MR) is 101 cm³/mol. The van der Waals surface area contributed by atoms with Gasteiger partial charge in [-0.1, -0.05) is 12.1 Å². The van der Waals surface area contributed by atoms with Gasteiger partial charge in [-0.3, -0.25) is 4.98 Å². The van der Waals surface area contributed by atoms with Gasteiger partial charge >= 0.3 is 0 Å². The van der Waals surface area contributed by atoms with Gasteiger partial charge in [0.15, 0.2) is 5.82 Å². The van der Waals surface area contributed by atoms with Crippen LogP contribution in [-0.2, 0) is 9.47 Å². The molecule has 6 heteroatoms. The molecule has 4 rings (SSSR count). The Bertz CT molecular complexity index is 887. The summed E-state index contributed by atoms with van der Waals surface area (Å²) in [6, 6.07) is 12.0. The third-order valence-electron chi connectivity index (χ3n) is 4.77. The fourth-order valence-corrected chi connectivity index (χ4v) is 3.41. The monoisotopic (exact) mass is 350 g/mol. The van der Waals surface area contributed by atoms with Crippen LogP contribution in [-0.4, -0.2) is 46.9 Å². The van der Waals surface area contributed by atoms with Crippen molar-refractivity contribution in [2.75, 3.05) is 19.0 Å². The van der Waals surface area contributed by atoms with Crippen molar-refractivity contribution in [3.8, 4) is 11.4 Å². The molecule has 1 aliphatic carbocycles. The van der Waals surface area contributed by atoms with Crippen LogP contribution in [0.4, 0.5) is 5.82 Å². The summed E-state index contributed by atoms with van der Waals surface area (Å²) in [6.45, 7) is 2.70. The van der Waals surface area contributed by atoms with Crippen LogP contribution in [0.3, 0.4) is 0 Å². The minimum Gasteiger partial charge on any atom is -0.377 e. The number of nitrogens with one attached hydrogen (secondary N) is 1. The van der Waals surface area contributed by atoms with Crippen molar-refractivity contribution >= 4 is 16.7 Å². The first-order valence-corrected chi connectivity index (χ1v) is 8.88. The average molecular weight is 350 g/mol. The van der Waals surface area contributed by atoms with Crippen LogP contribution in [0, 0.1) is 0 Å². The summed E-state index contributed by atoms with van der Waals surface area (Å²) in [7, 11) is 1.73. The van der Waals surface area contributed by atoms with E-state index in [1.54, 1.807) is 19.5 Å². The van der Waals surface area contributed by atoms with Gasteiger partial charge in [-0.25, -0.2) is 9.97 Å². The number of aromatic nitrogens is 3. The third kappa shape index (κ3) is 3.13. The van der Waals surface area contributed by atoms with E-state index >= 15 is 0 Å². The summed E-state index contributed by atoms with van der Waals surface area (Å²) in [5.41, 5.74) is 1.85. The fraction of sp³-hybridized carbons (Fsp3) is 0.350. The van der Waals surface area contributed by atoms with E-state index in [2.05, 4.69) is 10.3 Å². The van der Waals surface area contributed by atoms with Crippen LogP contribution >= 0.6 is 0 Å². The number of rotatable bonds is 6. The molecule has 134 valence electrons. The Hall–Kier alpha value is -2.57. The van der Waals surface area contributed by atoms with Crippen LogP contribution in [0.1, 0.15) is 13.3 Å². The van der Waals surface area contributed by atoms with Crippen LogP contribution in [0.15, 0.2) is 48.8 Å². The molecule has 0 spiro atoms. The smallest absolute Gasteiger partial charge is 0.162 e. The van der Waals surface area contributed by atoms with Crippen molar-refractivity contribution in [2.45, 2.75) is 31.6 Å². The lowest BCUT2D eigenvalue weighted by Gasteiger charge is -2.43. The molecule has 1 N–H and O–H groups in total. The van der Waals surface area contributed by atoms with Gasteiger partial charge in [-0.15, -0.1) is 0 Å². The molecule has 0 radical (unpaired) electrons. The molecule has 0 bridgehead atoms. The third-order valence-corrected chi connectivity index (χ3v) is 4.77. The molecule has 3 atom stereocenters. The summed E-state index contributed by atoms with van der Waals surface area (Å²) >= 11 is 0. The first kappa shape index (κ1) is 16.9. The Labute approximate surface area is 152 Å². The Kier molecular flexibility index (Phi) is 4.77. The van der Waals surface area contributed by atoms with Gasteiger partial charge in [0.1, 0.15) is 11.9 Å². The van der Waals surface area contributed by atoms with Crippen molar-refractivity contribution in [3.05, 3.63) is 48.8 Å². The Morgan fingerprint density at radius 3 is 2.69 bits per heavy atom. The summed E-state index contributed by atoms with van der Waals surface area (Å²) in [6.07, 6.45) is 4.56. The quantitative estimate of drug-likeness (QED) is 0.736. The molecule has 1 aliphatic rings. The van der Waals surface area contributed by atoms with E-state index in [0.29, 0.717) is 12.4 Å². The van der Waals surface area contributed by atoms with Gasteiger partial charge in [0.25, 0.3) is 0 Å². The molecule has 0 unspecified atom stereocenters. The zero-order chi connectivity index (χ0) is 17.9. The highest BCUT2D eigenvalue weighted by atomic mass is 16.5. The molecule has 0 amide bonds. The first-order chi connectivity index (χ1) is 12.8. The van der Waals surface area contributed by atoms with Crippen LogP contribution in [0.2, 0.25) is 0 Å². The lowest BCUT2D eigenvalue weighted by molar-refractivity contribution is -0.118. The zero-order valence-electron chi connectivity index (χ0n) is 14.9. The summed E-state index contributed by atoms with van der Waals surface area (Å²) < 4.78 is 11.3. The summed E-state index contributed by atoms with van der Waals surface area (Å²) in [4.78, 5) is 13.6. The van der Waals surface area contributed by atoms with Gasteiger partial charge < -0.3 is 14.8 Å². The lowest BCUT2D eigenvalue weighted by Crippen LogP contribution is -2.57. The lowest BCUT2D eigenvalue weighted by atomic mass is 9.85. The second-order valence-corrected chi connectivity index (χ2v) is 6.33. The topological polar surface area (TPSA) is 69.2 Å². The molecule has 1 fully saturated rings. The Balaban J connectivity index is 1.68. The number of ether oxygens (including phenoxy) is 2. The molecular weight excluding hydrogens is 328 g/mol. The van der Waals surface area contributed by atoms with Gasteiger partial charge in [0.2, 0.25) is 0 Å². The van der Waals surface area contributed by atoms with E-state index < -0.39 is 0 Å². The molecule has 0 aliphatic heterocycles. The number of benzene rings is 1. The summed E-state index contributed by atoms with van der Waals surface area (Å²) in [5.74, 6) is 1.51. The fourth-order valence-electron chi connectivity index (χ4n) is 3.41. The van der Waals surface area contributed by atoms with Crippen LogP contribution < -0.4 is 5.32 Å². The number of fused-ring (bicyclic) bond motifs is 1. The normalized spacial score (nSPS) is 22.2. The second kappa shape index (κ2) is 7.35. The van der Waals surface area contributed by atoms with Crippen LogP contribution in [0.25, 0.3) is 22.3 Å². The minimum absolute atomic E-state index is 0.0213. The van der Waals surface area contributed by atoms with Crippen LogP contribution in [0.5, 0.6) is 0 Å². The molecule has 2 aromatic heterocycles. The van der Waals surface area contributed by atoms with Crippen molar-refractivity contribution in [3.63, 3.8) is 0 Å². The highest BCUT2D eigenvalue weighted by molar-refractivity contribution is 5.90. The van der Waals surface area contributed by atoms with Crippen molar-refractivity contribution < 1.29 is 9.47 Å². The van der Waals surface area contributed by atoms with Gasteiger partial charge in [-0.2, -0.15) is 0 Å².